The van der Waals surface area contributed by atoms with Crippen LogP contribution in [0.25, 0.3) is 22.4 Å². The van der Waals surface area contributed by atoms with Gasteiger partial charge in [-0.2, -0.15) is 0 Å². The van der Waals surface area contributed by atoms with Gasteiger partial charge in [0.25, 0.3) is 0 Å². The second kappa shape index (κ2) is 4.79. The molecule has 0 fully saturated rings. The summed E-state index contributed by atoms with van der Waals surface area (Å²) in [5, 5.41) is 0. The van der Waals surface area contributed by atoms with E-state index in [2.05, 4.69) is 38.9 Å². The number of fused-ring (bicyclic) bond motifs is 1. The summed E-state index contributed by atoms with van der Waals surface area (Å²) in [4.78, 5) is 8.03. The Hall–Kier alpha value is -1.65. The monoisotopic (exact) mass is 315 g/mol. The van der Waals surface area contributed by atoms with Gasteiger partial charge in [0.05, 0.1) is 11.0 Å². The maximum Gasteiger partial charge on any atom is 0.138 e. The van der Waals surface area contributed by atoms with E-state index < -0.39 is 0 Å². The molecule has 3 rings (SSSR count). The molecule has 0 unspecified atom stereocenters. The van der Waals surface area contributed by atoms with E-state index in [0.717, 1.165) is 38.0 Å². The van der Waals surface area contributed by atoms with E-state index in [-0.39, 0.29) is 0 Å². The van der Waals surface area contributed by atoms with Crippen molar-refractivity contribution in [1.82, 2.24) is 9.97 Å². The molecule has 0 bridgehead atoms. The number of aromatic nitrogens is 2. The van der Waals surface area contributed by atoms with Crippen LogP contribution < -0.4 is 5.73 Å². The highest BCUT2D eigenvalue weighted by molar-refractivity contribution is 9.10. The van der Waals surface area contributed by atoms with Crippen LogP contribution in [0.5, 0.6) is 0 Å². The van der Waals surface area contributed by atoms with Gasteiger partial charge in [0.15, 0.2) is 0 Å². The Labute approximate surface area is 120 Å². The topological polar surface area (TPSA) is 54.7 Å². The van der Waals surface area contributed by atoms with Gasteiger partial charge in [-0.1, -0.05) is 40.2 Å². The molecule has 0 amide bonds. The van der Waals surface area contributed by atoms with Crippen LogP contribution in [0.15, 0.2) is 40.9 Å². The summed E-state index contributed by atoms with van der Waals surface area (Å²) in [6.45, 7) is 2.63. The Morgan fingerprint density at radius 2 is 1.95 bits per heavy atom. The zero-order chi connectivity index (χ0) is 13.4. The number of aryl methyl sites for hydroxylation is 1. The van der Waals surface area contributed by atoms with Gasteiger partial charge >= 0.3 is 0 Å². The van der Waals surface area contributed by atoms with Gasteiger partial charge in [0.2, 0.25) is 0 Å². The first kappa shape index (κ1) is 12.4. The molecule has 0 radical (unpaired) electrons. The molecule has 3 nitrogen and oxygen atoms in total. The minimum atomic E-state index is 0.562. The predicted molar refractivity (Wildman–Crippen MR) is 81.9 cm³/mol. The lowest BCUT2D eigenvalue weighted by molar-refractivity contribution is 1.07. The molecule has 0 spiro atoms. The molecule has 0 saturated heterocycles. The van der Waals surface area contributed by atoms with Crippen LogP contribution in [0.4, 0.5) is 0 Å². The van der Waals surface area contributed by atoms with E-state index in [1.165, 1.54) is 0 Å². The van der Waals surface area contributed by atoms with Crippen LogP contribution in [-0.2, 0) is 6.54 Å². The minimum absolute atomic E-state index is 0.562. The van der Waals surface area contributed by atoms with Crippen molar-refractivity contribution in [1.29, 1.82) is 0 Å². The van der Waals surface area contributed by atoms with Crippen molar-refractivity contribution in [3.8, 4) is 11.4 Å². The smallest absolute Gasteiger partial charge is 0.138 e. The van der Waals surface area contributed by atoms with Gasteiger partial charge in [0.1, 0.15) is 5.82 Å². The van der Waals surface area contributed by atoms with Gasteiger partial charge in [-0.25, -0.2) is 4.98 Å². The van der Waals surface area contributed by atoms with Gasteiger partial charge in [-0.05, 0) is 30.2 Å². The highest BCUT2D eigenvalue weighted by Gasteiger charge is 2.08. The summed E-state index contributed by atoms with van der Waals surface area (Å²) in [6.07, 6.45) is 0. The van der Waals surface area contributed by atoms with Crippen LogP contribution in [0.3, 0.4) is 0 Å². The molecule has 3 aromatic rings. The fraction of sp³-hybridized carbons (Fsp3) is 0.133. The summed E-state index contributed by atoms with van der Waals surface area (Å²) in [5.74, 6) is 0.889. The Bertz CT molecular complexity index is 729. The van der Waals surface area contributed by atoms with Crippen molar-refractivity contribution in [2.24, 2.45) is 5.73 Å². The summed E-state index contributed by atoms with van der Waals surface area (Å²) < 4.78 is 1.06. The molecule has 3 N–H and O–H groups in total. The van der Waals surface area contributed by atoms with Crippen molar-refractivity contribution in [2.75, 3.05) is 0 Å². The highest BCUT2D eigenvalue weighted by Crippen LogP contribution is 2.26. The average Bonchev–Trinajstić information content (AvgIpc) is 2.83. The van der Waals surface area contributed by atoms with Crippen LogP contribution >= 0.6 is 15.9 Å². The number of hydrogen-bond acceptors (Lipinski definition) is 2. The molecule has 0 atom stereocenters. The lowest BCUT2D eigenvalue weighted by atomic mass is 10.1. The van der Waals surface area contributed by atoms with E-state index in [0.29, 0.717) is 6.54 Å². The quantitative estimate of drug-likeness (QED) is 0.756. The van der Waals surface area contributed by atoms with Crippen molar-refractivity contribution in [2.45, 2.75) is 13.5 Å². The van der Waals surface area contributed by atoms with E-state index >= 15 is 0 Å². The molecule has 2 aromatic carbocycles. The van der Waals surface area contributed by atoms with E-state index in [1.807, 2.05) is 30.3 Å². The van der Waals surface area contributed by atoms with Gasteiger partial charge < -0.3 is 10.7 Å². The third-order valence-corrected chi connectivity index (χ3v) is 3.66. The van der Waals surface area contributed by atoms with E-state index in [4.69, 9.17) is 5.73 Å². The van der Waals surface area contributed by atoms with Crippen LogP contribution in [0.1, 0.15) is 11.1 Å². The molecule has 4 heteroatoms. The second-order valence-electron chi connectivity index (χ2n) is 4.61. The van der Waals surface area contributed by atoms with Crippen LogP contribution in [0.2, 0.25) is 0 Å². The molecule has 0 aliphatic rings. The molecular weight excluding hydrogens is 302 g/mol. The maximum absolute atomic E-state index is 5.61. The molecule has 96 valence electrons. The molecule has 0 saturated carbocycles. The zero-order valence-corrected chi connectivity index (χ0v) is 12.2. The van der Waals surface area contributed by atoms with Crippen molar-refractivity contribution < 1.29 is 0 Å². The van der Waals surface area contributed by atoms with E-state index in [1.54, 1.807) is 0 Å². The Morgan fingerprint density at radius 1 is 1.21 bits per heavy atom. The van der Waals surface area contributed by atoms with Gasteiger partial charge in [0, 0.05) is 16.6 Å². The minimum Gasteiger partial charge on any atom is -0.338 e. The average molecular weight is 316 g/mol. The fourth-order valence-corrected chi connectivity index (χ4v) is 2.75. The molecule has 1 aromatic heterocycles. The SMILES string of the molecule is Cc1cc(Br)cc2[nH]c(-c3ccc(CN)cc3)nc12. The zero-order valence-electron chi connectivity index (χ0n) is 10.6. The summed E-state index contributed by atoms with van der Waals surface area (Å²) in [6, 6.07) is 12.3. The number of nitrogens with one attached hydrogen (secondary N) is 1. The number of benzene rings is 2. The number of halogens is 1. The number of H-pyrrole nitrogens is 1. The number of rotatable bonds is 2. The predicted octanol–water partition coefficient (Wildman–Crippen LogP) is 3.76. The lowest BCUT2D eigenvalue weighted by Crippen LogP contribution is -1.95. The largest absolute Gasteiger partial charge is 0.338 e. The second-order valence-corrected chi connectivity index (χ2v) is 5.52. The first-order chi connectivity index (χ1) is 9.17. The standard InChI is InChI=1S/C15H14BrN3/c1-9-6-12(16)7-13-14(9)19-15(18-13)11-4-2-10(8-17)3-5-11/h2-7H,8,17H2,1H3,(H,18,19). The Balaban J connectivity index is 2.12. The summed E-state index contributed by atoms with van der Waals surface area (Å²) in [5.41, 5.74) is 11.0. The van der Waals surface area contributed by atoms with Gasteiger partial charge in [-0.3, -0.25) is 0 Å². The summed E-state index contributed by atoms with van der Waals surface area (Å²) >= 11 is 3.51. The first-order valence-corrected chi connectivity index (χ1v) is 6.92. The molecule has 1 heterocycles. The van der Waals surface area contributed by atoms with Crippen LogP contribution in [0, 0.1) is 6.92 Å². The van der Waals surface area contributed by atoms with Gasteiger partial charge in [-0.15, -0.1) is 0 Å². The van der Waals surface area contributed by atoms with E-state index in [9.17, 15) is 0 Å². The lowest BCUT2D eigenvalue weighted by Gasteiger charge is -1.98. The third-order valence-electron chi connectivity index (χ3n) is 3.21. The fourth-order valence-electron chi connectivity index (χ4n) is 2.18. The summed E-state index contributed by atoms with van der Waals surface area (Å²) in [7, 11) is 0. The van der Waals surface area contributed by atoms with Crippen LogP contribution in [-0.4, -0.2) is 9.97 Å². The number of hydrogen-bond donors (Lipinski definition) is 2. The van der Waals surface area contributed by atoms with Crippen molar-refractivity contribution in [3.63, 3.8) is 0 Å². The third kappa shape index (κ3) is 2.29. The Kier molecular flexibility index (Phi) is 3.12. The molecule has 0 aliphatic carbocycles. The number of nitrogens with two attached hydrogens (primary N) is 1. The van der Waals surface area contributed by atoms with Crippen molar-refractivity contribution in [3.05, 3.63) is 52.0 Å². The maximum atomic E-state index is 5.61. The molecule has 19 heavy (non-hydrogen) atoms. The number of aromatic amines is 1. The normalized spacial score (nSPS) is 11.1. The molecular formula is C15H14BrN3. The number of nitrogens with zero attached hydrogens (tertiary/aromatic N) is 1. The Morgan fingerprint density at radius 3 is 2.63 bits per heavy atom. The van der Waals surface area contributed by atoms with Crippen molar-refractivity contribution >= 4 is 27.0 Å². The molecule has 0 aliphatic heterocycles. The first-order valence-electron chi connectivity index (χ1n) is 6.12. The highest BCUT2D eigenvalue weighted by atomic mass is 79.9. The number of imidazole rings is 1.